The second kappa shape index (κ2) is 5.77. The Morgan fingerprint density at radius 1 is 1.42 bits per heavy atom. The zero-order valence-electron chi connectivity index (χ0n) is 12.4. The predicted molar refractivity (Wildman–Crippen MR) is 80.8 cm³/mol. The molecular formula is C17H25NO. The molecule has 1 heterocycles. The first-order chi connectivity index (χ1) is 9.08. The van der Waals surface area contributed by atoms with Crippen molar-refractivity contribution in [1.29, 1.82) is 0 Å². The van der Waals surface area contributed by atoms with Crippen LogP contribution in [0.2, 0.25) is 0 Å². The number of benzene rings is 1. The summed E-state index contributed by atoms with van der Waals surface area (Å²) in [7, 11) is 0. The summed E-state index contributed by atoms with van der Waals surface area (Å²) in [4.78, 5) is 13.8. The van der Waals surface area contributed by atoms with Crippen LogP contribution in [0.25, 0.3) is 0 Å². The molecule has 0 spiro atoms. The van der Waals surface area contributed by atoms with E-state index in [-0.39, 0.29) is 5.41 Å². The van der Waals surface area contributed by atoms with Crippen molar-refractivity contribution < 1.29 is 4.79 Å². The molecule has 1 aliphatic heterocycles. The molecule has 0 saturated heterocycles. The van der Waals surface area contributed by atoms with Crippen LogP contribution < -0.4 is 4.90 Å². The fourth-order valence-electron chi connectivity index (χ4n) is 3.15. The number of nitrogens with zero attached hydrogens (tertiary/aromatic N) is 1. The van der Waals surface area contributed by atoms with E-state index in [2.05, 4.69) is 43.9 Å². The standard InChI is InChI=1S/C17H25NO/c1-4-9-17(3,13-19)12-18-10-5-6-15-11-14(2)7-8-16(15)18/h7-8,11,13H,4-6,9-10,12H2,1-3H3. The van der Waals surface area contributed by atoms with Gasteiger partial charge >= 0.3 is 0 Å². The number of anilines is 1. The highest BCUT2D eigenvalue weighted by Crippen LogP contribution is 2.31. The highest BCUT2D eigenvalue weighted by molar-refractivity contribution is 5.63. The summed E-state index contributed by atoms with van der Waals surface area (Å²) in [5.74, 6) is 0. The molecule has 0 fully saturated rings. The molecule has 1 unspecified atom stereocenters. The first-order valence-corrected chi connectivity index (χ1v) is 7.39. The van der Waals surface area contributed by atoms with Crippen LogP contribution in [-0.4, -0.2) is 19.4 Å². The molecule has 2 heteroatoms. The van der Waals surface area contributed by atoms with Crippen molar-refractivity contribution in [3.8, 4) is 0 Å². The van der Waals surface area contributed by atoms with Crippen molar-refractivity contribution in [2.75, 3.05) is 18.0 Å². The number of hydrogen-bond donors (Lipinski definition) is 0. The van der Waals surface area contributed by atoms with Crippen LogP contribution >= 0.6 is 0 Å². The van der Waals surface area contributed by atoms with Gasteiger partial charge in [0.1, 0.15) is 6.29 Å². The van der Waals surface area contributed by atoms with Crippen molar-refractivity contribution in [3.05, 3.63) is 29.3 Å². The molecule has 0 saturated carbocycles. The maximum absolute atomic E-state index is 11.4. The zero-order valence-corrected chi connectivity index (χ0v) is 12.4. The third-order valence-corrected chi connectivity index (χ3v) is 4.11. The minimum Gasteiger partial charge on any atom is -0.370 e. The van der Waals surface area contributed by atoms with Gasteiger partial charge in [-0.25, -0.2) is 0 Å². The first kappa shape index (κ1) is 14.1. The Hall–Kier alpha value is -1.31. The summed E-state index contributed by atoms with van der Waals surface area (Å²) < 4.78 is 0. The normalized spacial score (nSPS) is 17.7. The molecule has 1 aromatic carbocycles. The summed E-state index contributed by atoms with van der Waals surface area (Å²) in [5.41, 5.74) is 3.89. The van der Waals surface area contributed by atoms with E-state index in [1.54, 1.807) is 0 Å². The number of aldehydes is 1. The number of rotatable bonds is 5. The Morgan fingerprint density at radius 2 is 2.21 bits per heavy atom. The molecule has 19 heavy (non-hydrogen) atoms. The highest BCUT2D eigenvalue weighted by atomic mass is 16.1. The van der Waals surface area contributed by atoms with Gasteiger partial charge in [0.25, 0.3) is 0 Å². The lowest BCUT2D eigenvalue weighted by Crippen LogP contribution is -2.40. The van der Waals surface area contributed by atoms with Crippen molar-refractivity contribution in [2.24, 2.45) is 5.41 Å². The molecule has 2 rings (SSSR count). The van der Waals surface area contributed by atoms with E-state index in [0.29, 0.717) is 0 Å². The third kappa shape index (κ3) is 3.17. The van der Waals surface area contributed by atoms with Gasteiger partial charge in [-0.05, 0) is 37.8 Å². The summed E-state index contributed by atoms with van der Waals surface area (Å²) in [5, 5.41) is 0. The van der Waals surface area contributed by atoms with Gasteiger partial charge < -0.3 is 9.69 Å². The molecule has 1 aliphatic rings. The smallest absolute Gasteiger partial charge is 0.127 e. The summed E-state index contributed by atoms with van der Waals surface area (Å²) >= 11 is 0. The van der Waals surface area contributed by atoms with Gasteiger partial charge in [-0.2, -0.15) is 0 Å². The van der Waals surface area contributed by atoms with Crippen LogP contribution in [0.15, 0.2) is 18.2 Å². The molecular weight excluding hydrogens is 234 g/mol. The van der Waals surface area contributed by atoms with Crippen LogP contribution in [0.5, 0.6) is 0 Å². The SMILES string of the molecule is CCCC(C)(C=O)CN1CCCc2cc(C)ccc21. The summed E-state index contributed by atoms with van der Waals surface area (Å²) in [6.07, 6.45) is 5.54. The largest absolute Gasteiger partial charge is 0.370 e. The van der Waals surface area contributed by atoms with Gasteiger partial charge in [0.05, 0.1) is 0 Å². The van der Waals surface area contributed by atoms with Gasteiger partial charge in [-0.3, -0.25) is 0 Å². The van der Waals surface area contributed by atoms with Crippen molar-refractivity contribution in [2.45, 2.75) is 46.5 Å². The minimum absolute atomic E-state index is 0.214. The van der Waals surface area contributed by atoms with E-state index in [4.69, 9.17) is 0 Å². The Kier molecular flexibility index (Phi) is 4.28. The van der Waals surface area contributed by atoms with Gasteiger partial charge in [0, 0.05) is 24.2 Å². The lowest BCUT2D eigenvalue weighted by atomic mass is 9.85. The summed E-state index contributed by atoms with van der Waals surface area (Å²) in [6, 6.07) is 6.69. The number of carbonyl (C=O) groups excluding carboxylic acids is 1. The first-order valence-electron chi connectivity index (χ1n) is 7.39. The maximum atomic E-state index is 11.4. The van der Waals surface area contributed by atoms with E-state index in [9.17, 15) is 4.79 Å². The zero-order chi connectivity index (χ0) is 13.9. The van der Waals surface area contributed by atoms with E-state index < -0.39 is 0 Å². The Balaban J connectivity index is 2.21. The number of carbonyl (C=O) groups is 1. The van der Waals surface area contributed by atoms with Gasteiger partial charge in [0.2, 0.25) is 0 Å². The highest BCUT2D eigenvalue weighted by Gasteiger charge is 2.28. The number of hydrogen-bond acceptors (Lipinski definition) is 2. The summed E-state index contributed by atoms with van der Waals surface area (Å²) in [6.45, 7) is 8.30. The van der Waals surface area contributed by atoms with Crippen LogP contribution in [-0.2, 0) is 11.2 Å². The van der Waals surface area contributed by atoms with Crippen LogP contribution in [0.4, 0.5) is 5.69 Å². The second-order valence-electron chi connectivity index (χ2n) is 6.18. The average molecular weight is 259 g/mol. The van der Waals surface area contributed by atoms with E-state index in [0.717, 1.165) is 32.2 Å². The average Bonchev–Trinajstić information content (AvgIpc) is 2.39. The predicted octanol–water partition coefficient (Wildman–Crippen LogP) is 3.75. The molecule has 104 valence electrons. The van der Waals surface area contributed by atoms with Crippen molar-refractivity contribution >= 4 is 12.0 Å². The van der Waals surface area contributed by atoms with Gasteiger partial charge in [-0.1, -0.05) is 38.0 Å². The van der Waals surface area contributed by atoms with Crippen molar-refractivity contribution in [3.63, 3.8) is 0 Å². The molecule has 0 bridgehead atoms. The molecule has 1 atom stereocenters. The van der Waals surface area contributed by atoms with Crippen LogP contribution in [0.3, 0.4) is 0 Å². The van der Waals surface area contributed by atoms with Crippen molar-refractivity contribution in [1.82, 2.24) is 0 Å². The molecule has 0 N–H and O–H groups in total. The van der Waals surface area contributed by atoms with Gasteiger partial charge in [-0.15, -0.1) is 0 Å². The van der Waals surface area contributed by atoms with Crippen LogP contribution in [0, 0.1) is 12.3 Å². The molecule has 0 aromatic heterocycles. The number of aryl methyl sites for hydroxylation is 2. The van der Waals surface area contributed by atoms with E-state index in [1.165, 1.54) is 29.7 Å². The Bertz CT molecular complexity index is 455. The molecule has 2 nitrogen and oxygen atoms in total. The van der Waals surface area contributed by atoms with Crippen LogP contribution in [0.1, 0.15) is 44.2 Å². The monoisotopic (exact) mass is 259 g/mol. The fourth-order valence-corrected chi connectivity index (χ4v) is 3.15. The van der Waals surface area contributed by atoms with E-state index in [1.807, 2.05) is 0 Å². The molecule has 1 aromatic rings. The Morgan fingerprint density at radius 3 is 2.89 bits per heavy atom. The quantitative estimate of drug-likeness (QED) is 0.751. The fraction of sp³-hybridized carbons (Fsp3) is 0.588. The molecule has 0 aliphatic carbocycles. The molecule has 0 radical (unpaired) electrons. The maximum Gasteiger partial charge on any atom is 0.127 e. The van der Waals surface area contributed by atoms with E-state index >= 15 is 0 Å². The lowest BCUT2D eigenvalue weighted by molar-refractivity contribution is -0.115. The minimum atomic E-state index is -0.214. The third-order valence-electron chi connectivity index (χ3n) is 4.11. The van der Waals surface area contributed by atoms with Gasteiger partial charge in [0.15, 0.2) is 0 Å². The topological polar surface area (TPSA) is 20.3 Å². The number of fused-ring (bicyclic) bond motifs is 1. The Labute approximate surface area is 116 Å². The second-order valence-corrected chi connectivity index (χ2v) is 6.18. The lowest BCUT2D eigenvalue weighted by Gasteiger charge is -2.37. The molecule has 0 amide bonds.